The van der Waals surface area contributed by atoms with Crippen molar-refractivity contribution in [2.24, 2.45) is 0 Å². The van der Waals surface area contributed by atoms with E-state index in [1.54, 1.807) is 6.07 Å². The average Bonchev–Trinajstić information content (AvgIpc) is 2.34. The van der Waals surface area contributed by atoms with Crippen LogP contribution in [0.5, 0.6) is 0 Å². The van der Waals surface area contributed by atoms with Gasteiger partial charge in [0.05, 0.1) is 5.60 Å². The van der Waals surface area contributed by atoms with Gasteiger partial charge in [0.2, 0.25) is 0 Å². The van der Waals surface area contributed by atoms with E-state index in [0.29, 0.717) is 10.0 Å². The van der Waals surface area contributed by atoms with Crippen LogP contribution in [0.25, 0.3) is 0 Å². The van der Waals surface area contributed by atoms with Gasteiger partial charge in [0.1, 0.15) is 0 Å². The number of benzene rings is 1. The summed E-state index contributed by atoms with van der Waals surface area (Å²) in [4.78, 5) is 0. The Morgan fingerprint density at radius 3 is 2.44 bits per heavy atom. The van der Waals surface area contributed by atoms with Gasteiger partial charge in [-0.25, -0.2) is 0 Å². The highest BCUT2D eigenvalue weighted by Gasteiger charge is 2.27. The first-order valence-corrected chi connectivity index (χ1v) is 7.38. The van der Waals surface area contributed by atoms with E-state index in [9.17, 15) is 0 Å². The molecule has 1 rings (SSSR count). The van der Waals surface area contributed by atoms with Gasteiger partial charge in [-0.2, -0.15) is 0 Å². The molecule has 0 aliphatic carbocycles. The number of hydrogen-bond acceptors (Lipinski definition) is 1. The van der Waals surface area contributed by atoms with Gasteiger partial charge in [0.25, 0.3) is 0 Å². The predicted octanol–water partition coefficient (Wildman–Crippen LogP) is 5.83. The lowest BCUT2D eigenvalue weighted by atomic mass is 9.93. The summed E-state index contributed by atoms with van der Waals surface area (Å²) < 4.78 is 6.06. The standard InChI is InChI=1S/C15H22Cl2O/c1-4-6-7-10-18-15(3,5-2)13-9-8-12(16)11-14(13)17/h8-9,11H,4-7,10H2,1-3H3/t15-/m1/s1. The van der Waals surface area contributed by atoms with Crippen molar-refractivity contribution in [1.29, 1.82) is 0 Å². The van der Waals surface area contributed by atoms with Gasteiger partial charge in [0.15, 0.2) is 0 Å². The molecule has 0 spiro atoms. The zero-order valence-corrected chi connectivity index (χ0v) is 12.9. The van der Waals surface area contributed by atoms with Crippen molar-refractivity contribution < 1.29 is 4.74 Å². The number of halogens is 2. The lowest BCUT2D eigenvalue weighted by molar-refractivity contribution is -0.0407. The van der Waals surface area contributed by atoms with E-state index in [0.717, 1.165) is 25.0 Å². The Bertz CT molecular complexity index is 379. The first kappa shape index (κ1) is 15.8. The van der Waals surface area contributed by atoms with Gasteiger partial charge >= 0.3 is 0 Å². The zero-order chi connectivity index (χ0) is 13.6. The summed E-state index contributed by atoms with van der Waals surface area (Å²) in [5, 5.41) is 1.34. The summed E-state index contributed by atoms with van der Waals surface area (Å²) in [6.07, 6.45) is 4.39. The molecule has 1 aromatic carbocycles. The number of rotatable bonds is 7. The summed E-state index contributed by atoms with van der Waals surface area (Å²) in [7, 11) is 0. The zero-order valence-electron chi connectivity index (χ0n) is 11.4. The van der Waals surface area contributed by atoms with Crippen LogP contribution in [0.2, 0.25) is 10.0 Å². The third-order valence-corrected chi connectivity index (χ3v) is 3.89. The molecule has 0 fully saturated rings. The minimum Gasteiger partial charge on any atom is -0.371 e. The summed E-state index contributed by atoms with van der Waals surface area (Å²) >= 11 is 12.2. The van der Waals surface area contributed by atoms with Gasteiger partial charge in [0, 0.05) is 22.2 Å². The molecule has 102 valence electrons. The van der Waals surface area contributed by atoms with E-state index < -0.39 is 0 Å². The third-order valence-electron chi connectivity index (χ3n) is 3.34. The quantitative estimate of drug-likeness (QED) is 0.574. The van der Waals surface area contributed by atoms with Crippen molar-refractivity contribution >= 4 is 23.2 Å². The molecule has 18 heavy (non-hydrogen) atoms. The van der Waals surface area contributed by atoms with Crippen LogP contribution in [0.15, 0.2) is 18.2 Å². The van der Waals surface area contributed by atoms with Gasteiger partial charge < -0.3 is 4.74 Å². The van der Waals surface area contributed by atoms with Crippen molar-refractivity contribution in [3.05, 3.63) is 33.8 Å². The van der Waals surface area contributed by atoms with Crippen molar-refractivity contribution in [1.82, 2.24) is 0 Å². The van der Waals surface area contributed by atoms with E-state index in [-0.39, 0.29) is 5.60 Å². The molecule has 0 heterocycles. The molecule has 0 aliphatic rings. The Balaban J connectivity index is 2.79. The van der Waals surface area contributed by atoms with Crippen LogP contribution in [0.1, 0.15) is 52.0 Å². The summed E-state index contributed by atoms with van der Waals surface area (Å²) in [5.74, 6) is 0. The lowest BCUT2D eigenvalue weighted by Crippen LogP contribution is -2.26. The maximum absolute atomic E-state index is 6.27. The van der Waals surface area contributed by atoms with Gasteiger partial charge in [-0.1, -0.05) is 56.0 Å². The molecule has 0 unspecified atom stereocenters. The second kappa shape index (κ2) is 7.37. The highest BCUT2D eigenvalue weighted by atomic mass is 35.5. The topological polar surface area (TPSA) is 9.23 Å². The number of ether oxygens (including phenoxy) is 1. The molecular formula is C15H22Cl2O. The fourth-order valence-electron chi connectivity index (χ4n) is 1.94. The van der Waals surface area contributed by atoms with Crippen LogP contribution in [-0.4, -0.2) is 6.61 Å². The monoisotopic (exact) mass is 288 g/mol. The van der Waals surface area contributed by atoms with Crippen LogP contribution < -0.4 is 0 Å². The largest absolute Gasteiger partial charge is 0.371 e. The molecule has 0 saturated carbocycles. The lowest BCUT2D eigenvalue weighted by Gasteiger charge is -2.30. The molecular weight excluding hydrogens is 267 g/mol. The Kier molecular flexibility index (Phi) is 6.48. The van der Waals surface area contributed by atoms with E-state index >= 15 is 0 Å². The van der Waals surface area contributed by atoms with Crippen molar-refractivity contribution in [3.8, 4) is 0 Å². The van der Waals surface area contributed by atoms with Crippen LogP contribution in [0.3, 0.4) is 0 Å². The van der Waals surface area contributed by atoms with Crippen molar-refractivity contribution in [2.75, 3.05) is 6.61 Å². The second-order valence-electron chi connectivity index (χ2n) is 4.76. The van der Waals surface area contributed by atoms with Crippen molar-refractivity contribution in [2.45, 2.75) is 52.1 Å². The van der Waals surface area contributed by atoms with Crippen LogP contribution in [0.4, 0.5) is 0 Å². The molecule has 0 amide bonds. The molecule has 1 aromatic rings. The summed E-state index contributed by atoms with van der Waals surface area (Å²) in [5.41, 5.74) is 0.697. The number of hydrogen-bond donors (Lipinski definition) is 0. The summed E-state index contributed by atoms with van der Waals surface area (Å²) in [6, 6.07) is 5.61. The first-order chi connectivity index (χ1) is 8.53. The van der Waals surface area contributed by atoms with E-state index in [1.165, 1.54) is 12.8 Å². The normalized spacial score (nSPS) is 14.5. The number of unbranched alkanes of at least 4 members (excludes halogenated alkanes) is 2. The van der Waals surface area contributed by atoms with Gasteiger partial charge in [-0.15, -0.1) is 0 Å². The fraction of sp³-hybridized carbons (Fsp3) is 0.600. The van der Waals surface area contributed by atoms with Crippen LogP contribution in [-0.2, 0) is 10.3 Å². The molecule has 1 atom stereocenters. The Hall–Kier alpha value is -0.240. The van der Waals surface area contributed by atoms with E-state index in [1.807, 2.05) is 12.1 Å². The minimum atomic E-state index is -0.324. The van der Waals surface area contributed by atoms with E-state index in [4.69, 9.17) is 27.9 Å². The fourth-order valence-corrected chi connectivity index (χ4v) is 2.55. The molecule has 0 bridgehead atoms. The smallest absolute Gasteiger partial charge is 0.0915 e. The molecule has 0 N–H and O–H groups in total. The molecule has 0 radical (unpaired) electrons. The molecule has 0 saturated heterocycles. The highest BCUT2D eigenvalue weighted by molar-refractivity contribution is 6.35. The summed E-state index contributed by atoms with van der Waals surface area (Å²) in [6.45, 7) is 7.17. The first-order valence-electron chi connectivity index (χ1n) is 6.63. The van der Waals surface area contributed by atoms with Crippen LogP contribution >= 0.6 is 23.2 Å². The molecule has 0 aromatic heterocycles. The Morgan fingerprint density at radius 1 is 1.17 bits per heavy atom. The third kappa shape index (κ3) is 4.15. The van der Waals surface area contributed by atoms with Gasteiger partial charge in [-0.05, 0) is 31.9 Å². The minimum absolute atomic E-state index is 0.324. The maximum atomic E-state index is 6.27. The second-order valence-corrected chi connectivity index (χ2v) is 5.61. The van der Waals surface area contributed by atoms with Crippen molar-refractivity contribution in [3.63, 3.8) is 0 Å². The maximum Gasteiger partial charge on any atom is 0.0915 e. The van der Waals surface area contributed by atoms with Gasteiger partial charge in [-0.3, -0.25) is 0 Å². The molecule has 0 aliphatic heterocycles. The SMILES string of the molecule is CCCCCO[C@](C)(CC)c1ccc(Cl)cc1Cl. The van der Waals surface area contributed by atoms with E-state index in [2.05, 4.69) is 20.8 Å². The molecule has 1 nitrogen and oxygen atoms in total. The van der Waals surface area contributed by atoms with Crippen LogP contribution in [0, 0.1) is 0 Å². The Morgan fingerprint density at radius 2 is 1.89 bits per heavy atom. The predicted molar refractivity (Wildman–Crippen MR) is 79.6 cm³/mol. The highest BCUT2D eigenvalue weighted by Crippen LogP contribution is 2.35. The Labute approximate surface area is 120 Å². The molecule has 3 heteroatoms. The average molecular weight is 289 g/mol.